The van der Waals surface area contributed by atoms with Crippen LogP contribution in [0.4, 0.5) is 11.4 Å². The molecule has 2 N–H and O–H groups in total. The number of nitrogens with one attached hydrogen (secondary N) is 2. The number of benzene rings is 3. The molecule has 1 atom stereocenters. The van der Waals surface area contributed by atoms with E-state index in [1.165, 1.54) is 16.5 Å². The smallest absolute Gasteiger partial charge is 0.255 e. The molecule has 0 bridgehead atoms. The SMILES string of the molecule is C[C@@H]1Sc2ccc(C(=O)Nc3ccc(Cc4nc5ccccc5s4)cc3)cc2NC1=O. The summed E-state index contributed by atoms with van der Waals surface area (Å²) in [7, 11) is 0. The molecular weight excluding hydrogens is 426 g/mol. The minimum atomic E-state index is -0.209. The number of hydrogen-bond acceptors (Lipinski definition) is 5. The van der Waals surface area contributed by atoms with Gasteiger partial charge in [-0.25, -0.2) is 4.98 Å². The van der Waals surface area contributed by atoms with Gasteiger partial charge in [-0.1, -0.05) is 24.3 Å². The summed E-state index contributed by atoms with van der Waals surface area (Å²) in [6.45, 7) is 1.87. The molecule has 0 saturated carbocycles. The van der Waals surface area contributed by atoms with E-state index in [0.29, 0.717) is 11.3 Å². The number of rotatable bonds is 4. The van der Waals surface area contributed by atoms with Gasteiger partial charge in [-0.05, 0) is 55.0 Å². The summed E-state index contributed by atoms with van der Waals surface area (Å²) in [5.41, 5.74) is 4.09. The molecule has 0 fully saturated rings. The van der Waals surface area contributed by atoms with E-state index in [0.717, 1.165) is 33.1 Å². The third-order valence-electron chi connectivity index (χ3n) is 5.08. The van der Waals surface area contributed by atoms with Crippen molar-refractivity contribution < 1.29 is 9.59 Å². The molecule has 3 aromatic carbocycles. The molecule has 7 heteroatoms. The van der Waals surface area contributed by atoms with Crippen molar-refractivity contribution in [2.75, 3.05) is 10.6 Å². The van der Waals surface area contributed by atoms with Crippen LogP contribution in [0.1, 0.15) is 27.9 Å². The van der Waals surface area contributed by atoms with Gasteiger partial charge in [0, 0.05) is 22.6 Å². The number of nitrogens with zero attached hydrogens (tertiary/aromatic N) is 1. The van der Waals surface area contributed by atoms with Gasteiger partial charge in [-0.3, -0.25) is 9.59 Å². The third kappa shape index (κ3) is 4.19. The lowest BCUT2D eigenvalue weighted by Crippen LogP contribution is -2.26. The molecule has 0 saturated heterocycles. The Hall–Kier alpha value is -3.16. The van der Waals surface area contributed by atoms with E-state index in [-0.39, 0.29) is 17.1 Å². The highest BCUT2D eigenvalue weighted by Crippen LogP contribution is 2.36. The van der Waals surface area contributed by atoms with Gasteiger partial charge < -0.3 is 10.6 Å². The molecule has 154 valence electrons. The first kappa shape index (κ1) is 19.8. The summed E-state index contributed by atoms with van der Waals surface area (Å²) in [5.74, 6) is -0.252. The summed E-state index contributed by atoms with van der Waals surface area (Å²) < 4.78 is 1.19. The molecule has 1 aliphatic heterocycles. The predicted molar refractivity (Wildman–Crippen MR) is 127 cm³/mol. The second-order valence-corrected chi connectivity index (χ2v) is 9.86. The Morgan fingerprint density at radius 2 is 1.90 bits per heavy atom. The van der Waals surface area contributed by atoms with Crippen molar-refractivity contribution in [2.24, 2.45) is 0 Å². The van der Waals surface area contributed by atoms with Crippen LogP contribution in [0.25, 0.3) is 10.2 Å². The summed E-state index contributed by atoms with van der Waals surface area (Å²) in [4.78, 5) is 30.2. The summed E-state index contributed by atoms with van der Waals surface area (Å²) in [6, 6.07) is 21.3. The molecule has 0 aliphatic carbocycles. The second kappa shape index (κ2) is 8.17. The van der Waals surface area contributed by atoms with Crippen molar-refractivity contribution in [1.82, 2.24) is 4.98 Å². The Labute approximate surface area is 187 Å². The molecule has 2 amide bonds. The average molecular weight is 446 g/mol. The fourth-order valence-corrected chi connectivity index (χ4v) is 5.36. The highest BCUT2D eigenvalue weighted by Gasteiger charge is 2.23. The fourth-order valence-electron chi connectivity index (χ4n) is 3.43. The minimum absolute atomic E-state index is 0.0428. The second-order valence-electron chi connectivity index (χ2n) is 7.36. The van der Waals surface area contributed by atoms with Gasteiger partial charge >= 0.3 is 0 Å². The van der Waals surface area contributed by atoms with Gasteiger partial charge in [0.1, 0.15) is 0 Å². The van der Waals surface area contributed by atoms with Crippen LogP contribution in [0.15, 0.2) is 71.6 Å². The summed E-state index contributed by atoms with van der Waals surface area (Å²) in [6.07, 6.45) is 0.758. The zero-order valence-corrected chi connectivity index (χ0v) is 18.3. The Bertz CT molecular complexity index is 1260. The van der Waals surface area contributed by atoms with Crippen molar-refractivity contribution >= 4 is 56.5 Å². The number of hydrogen-bond donors (Lipinski definition) is 2. The molecule has 0 unspecified atom stereocenters. The zero-order valence-electron chi connectivity index (χ0n) is 16.7. The Morgan fingerprint density at radius 1 is 1.10 bits per heavy atom. The largest absolute Gasteiger partial charge is 0.324 e. The molecule has 1 aromatic heterocycles. The van der Waals surface area contributed by atoms with Gasteiger partial charge in [0.25, 0.3) is 5.91 Å². The molecule has 0 radical (unpaired) electrons. The number of aromatic nitrogens is 1. The van der Waals surface area contributed by atoms with E-state index in [2.05, 4.69) is 21.7 Å². The maximum atomic E-state index is 12.7. The first-order valence-electron chi connectivity index (χ1n) is 9.91. The number of carbonyl (C=O) groups is 2. The Morgan fingerprint density at radius 3 is 2.71 bits per heavy atom. The number of fused-ring (bicyclic) bond motifs is 2. The van der Waals surface area contributed by atoms with Crippen molar-refractivity contribution in [1.29, 1.82) is 0 Å². The van der Waals surface area contributed by atoms with E-state index < -0.39 is 0 Å². The zero-order chi connectivity index (χ0) is 21.4. The van der Waals surface area contributed by atoms with E-state index in [1.807, 2.05) is 55.5 Å². The van der Waals surface area contributed by atoms with Crippen LogP contribution >= 0.6 is 23.1 Å². The number of thioether (sulfide) groups is 1. The number of para-hydroxylation sites is 1. The number of amides is 2. The third-order valence-corrected chi connectivity index (χ3v) is 7.29. The Balaban J connectivity index is 1.27. The topological polar surface area (TPSA) is 71.1 Å². The molecule has 4 aromatic rings. The van der Waals surface area contributed by atoms with Crippen LogP contribution in [-0.4, -0.2) is 22.0 Å². The lowest BCUT2D eigenvalue weighted by Gasteiger charge is -2.21. The van der Waals surface area contributed by atoms with E-state index in [9.17, 15) is 9.59 Å². The van der Waals surface area contributed by atoms with Crippen LogP contribution < -0.4 is 10.6 Å². The first-order valence-corrected chi connectivity index (χ1v) is 11.6. The number of carbonyl (C=O) groups excluding carboxylic acids is 2. The molecule has 31 heavy (non-hydrogen) atoms. The van der Waals surface area contributed by atoms with Crippen molar-refractivity contribution in [3.05, 3.63) is 82.9 Å². The van der Waals surface area contributed by atoms with E-state index in [4.69, 9.17) is 0 Å². The summed E-state index contributed by atoms with van der Waals surface area (Å²) >= 11 is 3.20. The van der Waals surface area contributed by atoms with E-state index >= 15 is 0 Å². The monoisotopic (exact) mass is 445 g/mol. The predicted octanol–water partition coefficient (Wildman–Crippen LogP) is 5.57. The van der Waals surface area contributed by atoms with Crippen molar-refractivity contribution in [2.45, 2.75) is 23.5 Å². The molecule has 2 heterocycles. The lowest BCUT2D eigenvalue weighted by atomic mass is 10.1. The standard InChI is InChI=1S/C24H19N3O2S2/c1-14-23(28)27-19-13-16(8-11-21(19)30-14)24(29)25-17-9-6-15(7-10-17)12-22-26-18-4-2-3-5-20(18)31-22/h2-11,13-14H,12H2,1H3,(H,25,29)(H,27,28)/t14-/m0/s1. The van der Waals surface area contributed by atoms with Crippen LogP contribution in [0.2, 0.25) is 0 Å². The van der Waals surface area contributed by atoms with Crippen LogP contribution in [-0.2, 0) is 11.2 Å². The normalized spacial score (nSPS) is 15.4. The van der Waals surface area contributed by atoms with Crippen molar-refractivity contribution in [3.8, 4) is 0 Å². The highest BCUT2D eigenvalue weighted by molar-refractivity contribution is 8.00. The molecular formula is C24H19N3O2S2. The molecule has 5 nitrogen and oxygen atoms in total. The van der Waals surface area contributed by atoms with Gasteiger partial charge in [0.2, 0.25) is 5.91 Å². The van der Waals surface area contributed by atoms with E-state index in [1.54, 1.807) is 23.5 Å². The molecule has 5 rings (SSSR count). The maximum Gasteiger partial charge on any atom is 0.255 e. The highest BCUT2D eigenvalue weighted by atomic mass is 32.2. The number of anilines is 2. The Kier molecular flexibility index (Phi) is 5.21. The first-order chi connectivity index (χ1) is 15.0. The van der Waals surface area contributed by atoms with Crippen molar-refractivity contribution in [3.63, 3.8) is 0 Å². The fraction of sp³-hybridized carbons (Fsp3) is 0.125. The van der Waals surface area contributed by atoms with Gasteiger partial charge in [-0.15, -0.1) is 23.1 Å². The summed E-state index contributed by atoms with van der Waals surface area (Å²) in [5, 5.41) is 6.73. The van der Waals surface area contributed by atoms with Crippen LogP contribution in [0.3, 0.4) is 0 Å². The average Bonchev–Trinajstić information content (AvgIpc) is 3.18. The molecule has 1 aliphatic rings. The quantitative estimate of drug-likeness (QED) is 0.431. The molecule has 0 spiro atoms. The van der Waals surface area contributed by atoms with Gasteiger partial charge in [-0.2, -0.15) is 0 Å². The minimum Gasteiger partial charge on any atom is -0.324 e. The van der Waals surface area contributed by atoms with Crippen LogP contribution in [0.5, 0.6) is 0 Å². The van der Waals surface area contributed by atoms with Gasteiger partial charge in [0.05, 0.1) is 26.2 Å². The van der Waals surface area contributed by atoms with Gasteiger partial charge in [0.15, 0.2) is 0 Å². The lowest BCUT2D eigenvalue weighted by molar-refractivity contribution is -0.115. The number of thiazole rings is 1. The van der Waals surface area contributed by atoms with Crippen LogP contribution in [0, 0.1) is 0 Å². The maximum absolute atomic E-state index is 12.7.